The second kappa shape index (κ2) is 8.30. The molecule has 1 N–H and O–H groups in total. The Morgan fingerprint density at radius 2 is 2.04 bits per heavy atom. The topological polar surface area (TPSA) is 68.5 Å². The van der Waals surface area contributed by atoms with Crippen molar-refractivity contribution in [3.63, 3.8) is 0 Å². The van der Waals surface area contributed by atoms with Gasteiger partial charge in [0.1, 0.15) is 5.58 Å². The first kappa shape index (κ1) is 17.7. The van der Waals surface area contributed by atoms with Gasteiger partial charge in [0.05, 0.1) is 11.5 Å². The summed E-state index contributed by atoms with van der Waals surface area (Å²) < 4.78 is 11.4. The fourth-order valence-electron chi connectivity index (χ4n) is 3.23. The van der Waals surface area contributed by atoms with Crippen LogP contribution in [0.2, 0.25) is 0 Å². The predicted molar refractivity (Wildman–Crippen MR) is 97.0 cm³/mol. The van der Waals surface area contributed by atoms with Crippen LogP contribution in [0.3, 0.4) is 0 Å². The van der Waals surface area contributed by atoms with Crippen LogP contribution in [-0.2, 0) is 4.74 Å². The van der Waals surface area contributed by atoms with E-state index in [1.807, 2.05) is 13.0 Å². The highest BCUT2D eigenvalue weighted by Gasteiger charge is 2.14. The van der Waals surface area contributed by atoms with Crippen LogP contribution in [0.15, 0.2) is 33.5 Å². The molecule has 0 spiro atoms. The molecule has 1 aromatic carbocycles. The molecule has 2 aromatic rings. The maximum absolute atomic E-state index is 12.2. The first-order valence-corrected chi connectivity index (χ1v) is 9.08. The van der Waals surface area contributed by atoms with Gasteiger partial charge in [-0.05, 0) is 38.3 Å². The molecule has 25 heavy (non-hydrogen) atoms. The molecule has 0 atom stereocenters. The number of rotatable bonds is 6. The molecule has 0 radical (unpaired) electrons. The molecular weight excluding hydrogens is 318 g/mol. The Morgan fingerprint density at radius 1 is 1.24 bits per heavy atom. The van der Waals surface area contributed by atoms with Gasteiger partial charge in [-0.2, -0.15) is 0 Å². The molecule has 5 nitrogen and oxygen atoms in total. The van der Waals surface area contributed by atoms with Gasteiger partial charge in [0, 0.05) is 19.2 Å². The molecule has 134 valence electrons. The van der Waals surface area contributed by atoms with E-state index in [1.54, 1.807) is 12.1 Å². The maximum Gasteiger partial charge on any atom is 0.287 e. The summed E-state index contributed by atoms with van der Waals surface area (Å²) in [4.78, 5) is 24.3. The summed E-state index contributed by atoms with van der Waals surface area (Å²) in [5.41, 5.74) is 1.22. The van der Waals surface area contributed by atoms with Crippen molar-refractivity contribution in [1.29, 1.82) is 0 Å². The highest BCUT2D eigenvalue weighted by Crippen LogP contribution is 2.20. The molecule has 0 aliphatic heterocycles. The van der Waals surface area contributed by atoms with Gasteiger partial charge in [-0.1, -0.05) is 30.9 Å². The minimum absolute atomic E-state index is 0.0505. The van der Waals surface area contributed by atoms with E-state index in [0.29, 0.717) is 30.2 Å². The van der Waals surface area contributed by atoms with Gasteiger partial charge < -0.3 is 14.5 Å². The number of ether oxygens (including phenoxy) is 1. The summed E-state index contributed by atoms with van der Waals surface area (Å²) in [6.07, 6.45) is 7.24. The Bertz CT molecular complexity index is 790. The molecule has 1 aromatic heterocycles. The number of carbonyl (C=O) groups is 1. The number of aryl methyl sites for hydroxylation is 1. The van der Waals surface area contributed by atoms with E-state index >= 15 is 0 Å². The van der Waals surface area contributed by atoms with E-state index in [0.717, 1.165) is 24.8 Å². The zero-order valence-electron chi connectivity index (χ0n) is 14.7. The van der Waals surface area contributed by atoms with Crippen LogP contribution < -0.4 is 10.7 Å². The summed E-state index contributed by atoms with van der Waals surface area (Å²) in [6.45, 7) is 3.06. The van der Waals surface area contributed by atoms with E-state index in [4.69, 9.17) is 9.15 Å². The highest BCUT2D eigenvalue weighted by molar-refractivity contribution is 5.93. The largest absolute Gasteiger partial charge is 0.451 e. The fraction of sp³-hybridized carbons (Fsp3) is 0.500. The summed E-state index contributed by atoms with van der Waals surface area (Å²) >= 11 is 0. The number of benzene rings is 1. The Balaban J connectivity index is 1.50. The third kappa shape index (κ3) is 4.69. The molecule has 0 unspecified atom stereocenters. The number of fused-ring (bicyclic) bond motifs is 1. The lowest BCUT2D eigenvalue weighted by atomic mass is 9.98. The molecule has 1 fully saturated rings. The summed E-state index contributed by atoms with van der Waals surface area (Å²) in [6, 6.07) is 6.61. The highest BCUT2D eigenvalue weighted by atomic mass is 16.5. The summed E-state index contributed by atoms with van der Waals surface area (Å²) in [5.74, 6) is -0.313. The first-order valence-electron chi connectivity index (χ1n) is 9.08. The van der Waals surface area contributed by atoms with Gasteiger partial charge in [0.15, 0.2) is 11.2 Å². The van der Waals surface area contributed by atoms with Crippen molar-refractivity contribution < 1.29 is 13.9 Å². The van der Waals surface area contributed by atoms with Gasteiger partial charge in [0.2, 0.25) is 0 Å². The zero-order valence-corrected chi connectivity index (χ0v) is 14.7. The average molecular weight is 343 g/mol. The minimum atomic E-state index is -0.364. The Labute approximate surface area is 147 Å². The lowest BCUT2D eigenvalue weighted by Crippen LogP contribution is -2.27. The average Bonchev–Trinajstić information content (AvgIpc) is 2.62. The van der Waals surface area contributed by atoms with Crippen molar-refractivity contribution in [2.75, 3.05) is 13.2 Å². The fourth-order valence-corrected chi connectivity index (χ4v) is 3.23. The second-order valence-electron chi connectivity index (χ2n) is 6.71. The van der Waals surface area contributed by atoms with E-state index in [-0.39, 0.29) is 17.1 Å². The standard InChI is InChI=1S/C20H25NO4/c1-14-8-9-18-16(12-14)17(22)13-19(25-18)20(23)21-10-5-11-24-15-6-3-2-4-7-15/h8-9,12-13,15H,2-7,10-11H2,1H3,(H,21,23). The number of nitrogens with one attached hydrogen (secondary N) is 1. The van der Waals surface area contributed by atoms with Crippen LogP contribution in [0.4, 0.5) is 0 Å². The van der Waals surface area contributed by atoms with Crippen molar-refractivity contribution in [2.45, 2.75) is 51.6 Å². The van der Waals surface area contributed by atoms with E-state index in [1.165, 1.54) is 25.3 Å². The molecule has 1 heterocycles. The van der Waals surface area contributed by atoms with Gasteiger partial charge in [-0.15, -0.1) is 0 Å². The minimum Gasteiger partial charge on any atom is -0.451 e. The number of hydrogen-bond acceptors (Lipinski definition) is 4. The van der Waals surface area contributed by atoms with Crippen molar-refractivity contribution in [3.05, 3.63) is 45.8 Å². The summed E-state index contributed by atoms with van der Waals surface area (Å²) in [7, 11) is 0. The molecule has 3 rings (SSSR count). The van der Waals surface area contributed by atoms with Crippen LogP contribution in [0, 0.1) is 6.92 Å². The molecule has 1 aliphatic rings. The van der Waals surface area contributed by atoms with Crippen LogP contribution >= 0.6 is 0 Å². The second-order valence-corrected chi connectivity index (χ2v) is 6.71. The Kier molecular flexibility index (Phi) is 5.87. The number of carbonyl (C=O) groups excluding carboxylic acids is 1. The third-order valence-electron chi connectivity index (χ3n) is 4.62. The SMILES string of the molecule is Cc1ccc2oc(C(=O)NCCCOC3CCCCC3)cc(=O)c2c1. The maximum atomic E-state index is 12.2. The van der Waals surface area contributed by atoms with E-state index in [2.05, 4.69) is 5.32 Å². The number of hydrogen-bond donors (Lipinski definition) is 1. The van der Waals surface area contributed by atoms with Gasteiger partial charge in [0.25, 0.3) is 5.91 Å². The van der Waals surface area contributed by atoms with E-state index in [9.17, 15) is 9.59 Å². The number of amides is 1. The molecule has 5 heteroatoms. The van der Waals surface area contributed by atoms with Gasteiger partial charge >= 0.3 is 0 Å². The third-order valence-corrected chi connectivity index (χ3v) is 4.62. The van der Waals surface area contributed by atoms with Crippen molar-refractivity contribution in [3.8, 4) is 0 Å². The van der Waals surface area contributed by atoms with Gasteiger partial charge in [-0.3, -0.25) is 9.59 Å². The van der Waals surface area contributed by atoms with Crippen LogP contribution in [0.25, 0.3) is 11.0 Å². The van der Waals surface area contributed by atoms with Crippen molar-refractivity contribution in [1.82, 2.24) is 5.32 Å². The zero-order chi connectivity index (χ0) is 17.6. The molecule has 1 aliphatic carbocycles. The lowest BCUT2D eigenvalue weighted by molar-refractivity contribution is 0.0273. The lowest BCUT2D eigenvalue weighted by Gasteiger charge is -2.21. The molecular formula is C20H25NO4. The predicted octanol–water partition coefficient (Wildman–Crippen LogP) is 3.57. The first-order chi connectivity index (χ1) is 12.1. The smallest absolute Gasteiger partial charge is 0.287 e. The Morgan fingerprint density at radius 3 is 2.84 bits per heavy atom. The quantitative estimate of drug-likeness (QED) is 0.814. The van der Waals surface area contributed by atoms with E-state index < -0.39 is 0 Å². The van der Waals surface area contributed by atoms with Crippen LogP contribution in [0.1, 0.15) is 54.6 Å². The van der Waals surface area contributed by atoms with Crippen LogP contribution in [-0.4, -0.2) is 25.2 Å². The normalized spacial score (nSPS) is 15.4. The molecule has 1 saturated carbocycles. The van der Waals surface area contributed by atoms with Gasteiger partial charge in [-0.25, -0.2) is 0 Å². The Hall–Kier alpha value is -2.14. The summed E-state index contributed by atoms with van der Waals surface area (Å²) in [5, 5.41) is 3.29. The van der Waals surface area contributed by atoms with Crippen molar-refractivity contribution >= 4 is 16.9 Å². The molecule has 0 saturated heterocycles. The molecule has 0 bridgehead atoms. The molecule has 1 amide bonds. The monoisotopic (exact) mass is 343 g/mol. The van der Waals surface area contributed by atoms with Crippen LogP contribution in [0.5, 0.6) is 0 Å². The van der Waals surface area contributed by atoms with Crippen molar-refractivity contribution in [2.24, 2.45) is 0 Å².